The van der Waals surface area contributed by atoms with E-state index in [2.05, 4.69) is 27.7 Å². The summed E-state index contributed by atoms with van der Waals surface area (Å²) in [7, 11) is 0. The second-order valence-electron chi connectivity index (χ2n) is 5.66. The molecule has 0 aromatic heterocycles. The van der Waals surface area contributed by atoms with Crippen LogP contribution in [0.5, 0.6) is 0 Å². The van der Waals surface area contributed by atoms with Crippen LogP contribution in [0.2, 0.25) is 0 Å². The van der Waals surface area contributed by atoms with Crippen LogP contribution in [-0.4, -0.2) is 12.1 Å². The first-order valence-corrected chi connectivity index (χ1v) is 6.57. The normalized spacial score (nSPS) is 13.6. The third-order valence-electron chi connectivity index (χ3n) is 3.01. The van der Waals surface area contributed by atoms with Crippen LogP contribution in [0.25, 0.3) is 0 Å². The molecule has 0 spiro atoms. The molecule has 2 heteroatoms. The summed E-state index contributed by atoms with van der Waals surface area (Å²) in [5, 5.41) is 0. The van der Waals surface area contributed by atoms with Crippen LogP contribution in [0, 0.1) is 5.41 Å². The van der Waals surface area contributed by atoms with Crippen molar-refractivity contribution in [1.29, 1.82) is 0 Å². The molecule has 0 radical (unpaired) electrons. The van der Waals surface area contributed by atoms with Gasteiger partial charge in [0.05, 0.1) is 0 Å². The third-order valence-corrected chi connectivity index (χ3v) is 3.01. The van der Waals surface area contributed by atoms with Crippen LogP contribution in [0.1, 0.15) is 73.1 Å². The minimum Gasteiger partial charge on any atom is -0.462 e. The Morgan fingerprint density at radius 3 is 2.19 bits per heavy atom. The zero-order valence-corrected chi connectivity index (χ0v) is 11.6. The molecule has 0 aliphatic carbocycles. The van der Waals surface area contributed by atoms with E-state index in [1.807, 2.05) is 6.92 Å². The smallest absolute Gasteiger partial charge is 0.306 e. The van der Waals surface area contributed by atoms with E-state index in [-0.39, 0.29) is 17.5 Å². The van der Waals surface area contributed by atoms with Gasteiger partial charge in [0.15, 0.2) is 0 Å². The van der Waals surface area contributed by atoms with Gasteiger partial charge in [-0.05, 0) is 18.8 Å². The Morgan fingerprint density at radius 1 is 1.12 bits per heavy atom. The molecule has 0 saturated carbocycles. The van der Waals surface area contributed by atoms with Crippen molar-refractivity contribution in [2.24, 2.45) is 5.41 Å². The minimum atomic E-state index is -0.0427. The highest BCUT2D eigenvalue weighted by Crippen LogP contribution is 2.22. The Morgan fingerprint density at radius 2 is 1.69 bits per heavy atom. The van der Waals surface area contributed by atoms with Crippen molar-refractivity contribution in [1.82, 2.24) is 0 Å². The number of hydrogen-bond donors (Lipinski definition) is 0. The topological polar surface area (TPSA) is 26.3 Å². The fourth-order valence-electron chi connectivity index (χ4n) is 1.31. The van der Waals surface area contributed by atoms with Crippen molar-refractivity contribution >= 4 is 5.97 Å². The number of ether oxygens (including phenoxy) is 1. The molecule has 0 bridgehead atoms. The van der Waals surface area contributed by atoms with Gasteiger partial charge in [0.2, 0.25) is 0 Å². The third kappa shape index (κ3) is 7.72. The Balaban J connectivity index is 3.59. The van der Waals surface area contributed by atoms with Gasteiger partial charge in [0, 0.05) is 6.42 Å². The lowest BCUT2D eigenvalue weighted by molar-refractivity contribution is -0.153. The van der Waals surface area contributed by atoms with E-state index in [0.717, 1.165) is 12.8 Å². The fourth-order valence-corrected chi connectivity index (χ4v) is 1.31. The van der Waals surface area contributed by atoms with Gasteiger partial charge in [-0.1, -0.05) is 53.4 Å². The molecule has 0 rings (SSSR count). The Hall–Kier alpha value is -0.530. The molecule has 16 heavy (non-hydrogen) atoms. The van der Waals surface area contributed by atoms with Crippen molar-refractivity contribution in [2.75, 3.05) is 0 Å². The summed E-state index contributed by atoms with van der Waals surface area (Å²) in [4.78, 5) is 11.5. The predicted octanol–water partition coefficient (Wildman–Crippen LogP) is 4.32. The first kappa shape index (κ1) is 15.5. The monoisotopic (exact) mass is 228 g/mol. The standard InChI is InChI=1S/C14H28O2/c1-6-7-8-9-10-11-13(15)16-12(2)14(3,4)5/h12H,6-11H2,1-5H3. The van der Waals surface area contributed by atoms with Crippen LogP contribution in [0.3, 0.4) is 0 Å². The molecule has 0 aromatic rings. The number of esters is 1. The van der Waals surface area contributed by atoms with E-state index in [9.17, 15) is 4.79 Å². The van der Waals surface area contributed by atoms with Crippen LogP contribution in [-0.2, 0) is 9.53 Å². The molecule has 1 unspecified atom stereocenters. The maximum absolute atomic E-state index is 11.5. The van der Waals surface area contributed by atoms with Gasteiger partial charge in [-0.2, -0.15) is 0 Å². The Kier molecular flexibility index (Phi) is 7.44. The number of carbonyl (C=O) groups excluding carboxylic acids is 1. The van der Waals surface area contributed by atoms with Gasteiger partial charge in [-0.25, -0.2) is 0 Å². The van der Waals surface area contributed by atoms with Crippen LogP contribution in [0.4, 0.5) is 0 Å². The van der Waals surface area contributed by atoms with E-state index in [1.54, 1.807) is 0 Å². The van der Waals surface area contributed by atoms with Gasteiger partial charge in [-0.15, -0.1) is 0 Å². The summed E-state index contributed by atoms with van der Waals surface area (Å²) in [6.07, 6.45) is 6.43. The first-order chi connectivity index (χ1) is 7.38. The molecule has 2 nitrogen and oxygen atoms in total. The quantitative estimate of drug-likeness (QED) is 0.479. The maximum Gasteiger partial charge on any atom is 0.306 e. The fraction of sp³-hybridized carbons (Fsp3) is 0.929. The number of hydrogen-bond acceptors (Lipinski definition) is 2. The van der Waals surface area contributed by atoms with E-state index < -0.39 is 0 Å². The van der Waals surface area contributed by atoms with Crippen LogP contribution >= 0.6 is 0 Å². The zero-order chi connectivity index (χ0) is 12.6. The molecule has 0 N–H and O–H groups in total. The summed E-state index contributed by atoms with van der Waals surface area (Å²) in [6.45, 7) is 10.4. The van der Waals surface area contributed by atoms with Crippen LogP contribution < -0.4 is 0 Å². The molecular formula is C14H28O2. The van der Waals surface area contributed by atoms with Gasteiger partial charge < -0.3 is 4.74 Å². The summed E-state index contributed by atoms with van der Waals surface area (Å²) in [6, 6.07) is 0. The van der Waals surface area contributed by atoms with Gasteiger partial charge in [0.1, 0.15) is 6.10 Å². The molecule has 1 atom stereocenters. The second kappa shape index (κ2) is 7.70. The maximum atomic E-state index is 11.5. The summed E-state index contributed by atoms with van der Waals surface area (Å²) < 4.78 is 5.38. The molecule has 0 aliphatic heterocycles. The van der Waals surface area contributed by atoms with Crippen LogP contribution in [0.15, 0.2) is 0 Å². The molecule has 0 aromatic carbocycles. The minimum absolute atomic E-state index is 0.00404. The van der Waals surface area contributed by atoms with Gasteiger partial charge in [-0.3, -0.25) is 4.79 Å². The van der Waals surface area contributed by atoms with Crippen molar-refractivity contribution in [3.63, 3.8) is 0 Å². The number of carbonyl (C=O) groups is 1. The molecule has 0 fully saturated rings. The molecule has 0 saturated heterocycles. The molecule has 0 aliphatic rings. The summed E-state index contributed by atoms with van der Waals surface area (Å²) >= 11 is 0. The average Bonchev–Trinajstić information content (AvgIpc) is 2.16. The van der Waals surface area contributed by atoms with Crippen molar-refractivity contribution < 1.29 is 9.53 Å². The zero-order valence-electron chi connectivity index (χ0n) is 11.6. The van der Waals surface area contributed by atoms with Crippen molar-refractivity contribution in [3.05, 3.63) is 0 Å². The Bertz CT molecular complexity index is 191. The summed E-state index contributed by atoms with van der Waals surface area (Å²) in [5.74, 6) is -0.0427. The molecule has 0 amide bonds. The largest absolute Gasteiger partial charge is 0.462 e. The highest BCUT2D eigenvalue weighted by Gasteiger charge is 2.23. The molecule has 96 valence electrons. The first-order valence-electron chi connectivity index (χ1n) is 6.57. The summed E-state index contributed by atoms with van der Waals surface area (Å²) in [5.41, 5.74) is 0.0396. The van der Waals surface area contributed by atoms with Crippen molar-refractivity contribution in [2.45, 2.75) is 79.2 Å². The Labute approximate surface area is 101 Å². The lowest BCUT2D eigenvalue weighted by atomic mass is 9.90. The SMILES string of the molecule is CCCCCCCC(=O)OC(C)C(C)(C)C. The van der Waals surface area contributed by atoms with E-state index >= 15 is 0 Å². The van der Waals surface area contributed by atoms with Gasteiger partial charge >= 0.3 is 5.97 Å². The highest BCUT2D eigenvalue weighted by molar-refractivity contribution is 5.69. The van der Waals surface area contributed by atoms with Crippen molar-refractivity contribution in [3.8, 4) is 0 Å². The predicted molar refractivity (Wildman–Crippen MR) is 68.4 cm³/mol. The second-order valence-corrected chi connectivity index (χ2v) is 5.66. The van der Waals surface area contributed by atoms with E-state index in [0.29, 0.717) is 6.42 Å². The van der Waals surface area contributed by atoms with E-state index in [1.165, 1.54) is 19.3 Å². The number of rotatable bonds is 7. The lowest BCUT2D eigenvalue weighted by Crippen LogP contribution is -2.28. The van der Waals surface area contributed by atoms with E-state index in [4.69, 9.17) is 4.74 Å². The highest BCUT2D eigenvalue weighted by atomic mass is 16.5. The van der Waals surface area contributed by atoms with Gasteiger partial charge in [0.25, 0.3) is 0 Å². The lowest BCUT2D eigenvalue weighted by Gasteiger charge is -2.26. The average molecular weight is 228 g/mol. The molecule has 0 heterocycles. The number of unbranched alkanes of at least 4 members (excludes halogenated alkanes) is 4. The molecular weight excluding hydrogens is 200 g/mol.